The van der Waals surface area contributed by atoms with Crippen molar-refractivity contribution in [2.45, 2.75) is 12.5 Å². The van der Waals surface area contributed by atoms with E-state index in [1.807, 2.05) is 25.1 Å². The van der Waals surface area contributed by atoms with Crippen molar-refractivity contribution in [1.82, 2.24) is 15.6 Å². The minimum absolute atomic E-state index is 0.0691. The zero-order valence-corrected chi connectivity index (χ0v) is 13.5. The number of amides is 1. The van der Waals surface area contributed by atoms with E-state index in [-0.39, 0.29) is 11.9 Å². The summed E-state index contributed by atoms with van der Waals surface area (Å²) in [6.45, 7) is 1.52. The highest BCUT2D eigenvalue weighted by molar-refractivity contribution is 5.94. The molecule has 1 unspecified atom stereocenters. The van der Waals surface area contributed by atoms with E-state index in [1.165, 1.54) is 11.1 Å². The van der Waals surface area contributed by atoms with Crippen molar-refractivity contribution in [2.24, 2.45) is 0 Å². The molecule has 0 spiro atoms. The van der Waals surface area contributed by atoms with Crippen LogP contribution in [0.2, 0.25) is 0 Å². The first kappa shape index (κ1) is 15.5. The van der Waals surface area contributed by atoms with Gasteiger partial charge in [0.1, 0.15) is 5.82 Å². The van der Waals surface area contributed by atoms with Gasteiger partial charge in [-0.2, -0.15) is 0 Å². The first-order valence-electron chi connectivity index (χ1n) is 7.88. The maximum Gasteiger partial charge on any atom is 0.251 e. The predicted molar refractivity (Wildman–Crippen MR) is 91.8 cm³/mol. The molecule has 1 amide bonds. The lowest BCUT2D eigenvalue weighted by atomic mass is 9.94. The minimum Gasteiger partial charge on any atom is -0.363 e. The van der Waals surface area contributed by atoms with Gasteiger partial charge in [0.2, 0.25) is 0 Å². The van der Waals surface area contributed by atoms with Crippen molar-refractivity contribution in [3.63, 3.8) is 0 Å². The SMILES string of the molecule is CN(C)c1cc(C(=O)NCC2NCCc3ccccc32)ccn1. The molecule has 0 radical (unpaired) electrons. The molecule has 0 saturated carbocycles. The number of carbonyl (C=O) groups is 1. The van der Waals surface area contributed by atoms with E-state index in [1.54, 1.807) is 18.3 Å². The highest BCUT2D eigenvalue weighted by Crippen LogP contribution is 2.22. The van der Waals surface area contributed by atoms with Gasteiger partial charge in [-0.05, 0) is 36.2 Å². The summed E-state index contributed by atoms with van der Waals surface area (Å²) in [6, 6.07) is 12.1. The van der Waals surface area contributed by atoms with E-state index >= 15 is 0 Å². The van der Waals surface area contributed by atoms with Gasteiger partial charge in [0.05, 0.1) is 0 Å². The summed E-state index contributed by atoms with van der Waals surface area (Å²) < 4.78 is 0. The van der Waals surface area contributed by atoms with Gasteiger partial charge in [0.25, 0.3) is 5.91 Å². The van der Waals surface area contributed by atoms with Crippen molar-refractivity contribution in [3.05, 3.63) is 59.3 Å². The van der Waals surface area contributed by atoms with E-state index in [0.29, 0.717) is 12.1 Å². The zero-order chi connectivity index (χ0) is 16.2. The first-order chi connectivity index (χ1) is 11.1. The molecular formula is C18H22N4O. The van der Waals surface area contributed by atoms with Crippen molar-refractivity contribution in [3.8, 4) is 0 Å². The van der Waals surface area contributed by atoms with Crippen molar-refractivity contribution >= 4 is 11.7 Å². The van der Waals surface area contributed by atoms with Gasteiger partial charge in [-0.3, -0.25) is 4.79 Å². The van der Waals surface area contributed by atoms with Crippen LogP contribution in [-0.4, -0.2) is 38.1 Å². The summed E-state index contributed by atoms with van der Waals surface area (Å²) >= 11 is 0. The smallest absolute Gasteiger partial charge is 0.251 e. The number of benzene rings is 1. The summed E-state index contributed by atoms with van der Waals surface area (Å²) in [4.78, 5) is 18.5. The van der Waals surface area contributed by atoms with Crippen LogP contribution < -0.4 is 15.5 Å². The van der Waals surface area contributed by atoms with Crippen LogP contribution in [0.3, 0.4) is 0 Å². The molecule has 23 heavy (non-hydrogen) atoms. The molecular weight excluding hydrogens is 288 g/mol. The van der Waals surface area contributed by atoms with Gasteiger partial charge >= 0.3 is 0 Å². The monoisotopic (exact) mass is 310 g/mol. The molecule has 0 aliphatic carbocycles. The Bertz CT molecular complexity index is 699. The Kier molecular flexibility index (Phi) is 4.57. The van der Waals surface area contributed by atoms with Crippen LogP contribution in [0.25, 0.3) is 0 Å². The summed E-state index contributed by atoms with van der Waals surface area (Å²) in [7, 11) is 3.82. The quantitative estimate of drug-likeness (QED) is 0.903. The number of rotatable bonds is 4. The molecule has 0 saturated heterocycles. The lowest BCUT2D eigenvalue weighted by molar-refractivity contribution is 0.0949. The fourth-order valence-electron chi connectivity index (χ4n) is 2.88. The molecule has 0 bridgehead atoms. The number of nitrogens with zero attached hydrogens (tertiary/aromatic N) is 2. The Morgan fingerprint density at radius 2 is 2.17 bits per heavy atom. The largest absolute Gasteiger partial charge is 0.363 e. The summed E-state index contributed by atoms with van der Waals surface area (Å²) in [5, 5.41) is 6.50. The summed E-state index contributed by atoms with van der Waals surface area (Å²) in [5.41, 5.74) is 3.28. The number of fused-ring (bicyclic) bond motifs is 1. The maximum absolute atomic E-state index is 12.4. The van der Waals surface area contributed by atoms with E-state index in [2.05, 4.69) is 33.8 Å². The molecule has 1 aliphatic rings. The normalized spacial score (nSPS) is 16.5. The zero-order valence-electron chi connectivity index (χ0n) is 13.5. The average molecular weight is 310 g/mol. The van der Waals surface area contributed by atoms with Gasteiger partial charge in [-0.25, -0.2) is 4.98 Å². The molecule has 1 aromatic carbocycles. The molecule has 2 N–H and O–H groups in total. The third-order valence-electron chi connectivity index (χ3n) is 4.15. The molecule has 1 atom stereocenters. The van der Waals surface area contributed by atoms with Crippen LogP contribution in [0.15, 0.2) is 42.6 Å². The number of anilines is 1. The van der Waals surface area contributed by atoms with Gasteiger partial charge in [0, 0.05) is 38.4 Å². The summed E-state index contributed by atoms with van der Waals surface area (Å²) in [6.07, 6.45) is 2.70. The number of hydrogen-bond acceptors (Lipinski definition) is 4. The minimum atomic E-state index is -0.0691. The van der Waals surface area contributed by atoms with Crippen LogP contribution in [0.1, 0.15) is 27.5 Å². The lowest BCUT2D eigenvalue weighted by Gasteiger charge is -2.27. The number of pyridine rings is 1. The topological polar surface area (TPSA) is 57.3 Å². The van der Waals surface area contributed by atoms with E-state index in [9.17, 15) is 4.79 Å². The number of aromatic nitrogens is 1. The molecule has 1 aliphatic heterocycles. The molecule has 120 valence electrons. The Morgan fingerprint density at radius 3 is 3.00 bits per heavy atom. The first-order valence-corrected chi connectivity index (χ1v) is 7.88. The van der Waals surface area contributed by atoms with E-state index in [4.69, 9.17) is 0 Å². The van der Waals surface area contributed by atoms with Crippen LogP contribution >= 0.6 is 0 Å². The molecule has 5 heteroatoms. The summed E-state index contributed by atoms with van der Waals surface area (Å²) in [5.74, 6) is 0.708. The van der Waals surface area contributed by atoms with Crippen LogP contribution in [0.4, 0.5) is 5.82 Å². The van der Waals surface area contributed by atoms with Gasteiger partial charge in [0.15, 0.2) is 0 Å². The second kappa shape index (κ2) is 6.79. The molecule has 0 fully saturated rings. The standard InChI is InChI=1S/C18H22N4O/c1-22(2)17-11-14(8-10-20-17)18(23)21-12-16-15-6-4-3-5-13(15)7-9-19-16/h3-6,8,10-11,16,19H,7,9,12H2,1-2H3,(H,21,23). The Morgan fingerprint density at radius 1 is 1.35 bits per heavy atom. The van der Waals surface area contributed by atoms with Crippen LogP contribution in [0.5, 0.6) is 0 Å². The molecule has 3 rings (SSSR count). The van der Waals surface area contributed by atoms with Crippen molar-refractivity contribution in [1.29, 1.82) is 0 Å². The van der Waals surface area contributed by atoms with Crippen LogP contribution in [0, 0.1) is 0 Å². The molecule has 5 nitrogen and oxygen atoms in total. The molecule has 1 aromatic heterocycles. The number of hydrogen-bond donors (Lipinski definition) is 2. The highest BCUT2D eigenvalue weighted by atomic mass is 16.1. The predicted octanol–water partition coefficient (Wildman–Crippen LogP) is 1.76. The van der Waals surface area contributed by atoms with E-state index in [0.717, 1.165) is 18.8 Å². The average Bonchev–Trinajstić information content (AvgIpc) is 2.59. The van der Waals surface area contributed by atoms with E-state index < -0.39 is 0 Å². The second-order valence-electron chi connectivity index (χ2n) is 5.96. The Balaban J connectivity index is 1.67. The van der Waals surface area contributed by atoms with Gasteiger partial charge < -0.3 is 15.5 Å². The Hall–Kier alpha value is -2.40. The highest BCUT2D eigenvalue weighted by Gasteiger charge is 2.19. The second-order valence-corrected chi connectivity index (χ2v) is 5.96. The molecule has 2 heterocycles. The van der Waals surface area contributed by atoms with Gasteiger partial charge in [-0.1, -0.05) is 24.3 Å². The van der Waals surface area contributed by atoms with Gasteiger partial charge in [-0.15, -0.1) is 0 Å². The van der Waals surface area contributed by atoms with Crippen molar-refractivity contribution in [2.75, 3.05) is 32.1 Å². The molecule has 2 aromatic rings. The lowest BCUT2D eigenvalue weighted by Crippen LogP contribution is -2.38. The van der Waals surface area contributed by atoms with Crippen LogP contribution in [-0.2, 0) is 6.42 Å². The third kappa shape index (κ3) is 3.51. The number of carbonyl (C=O) groups excluding carboxylic acids is 1. The fraction of sp³-hybridized carbons (Fsp3) is 0.333. The van der Waals surface area contributed by atoms with Crippen molar-refractivity contribution < 1.29 is 4.79 Å². The Labute approximate surface area is 136 Å². The maximum atomic E-state index is 12.4. The fourth-order valence-corrected chi connectivity index (χ4v) is 2.88. The number of nitrogens with one attached hydrogen (secondary N) is 2. The third-order valence-corrected chi connectivity index (χ3v) is 4.15.